The number of aromatic amines is 1. The van der Waals surface area contributed by atoms with E-state index in [0.29, 0.717) is 17.6 Å². The Morgan fingerprint density at radius 3 is 2.44 bits per heavy atom. The third-order valence-electron chi connectivity index (χ3n) is 4.54. The van der Waals surface area contributed by atoms with Crippen LogP contribution in [0.5, 0.6) is 11.5 Å². The van der Waals surface area contributed by atoms with E-state index >= 15 is 0 Å². The van der Waals surface area contributed by atoms with Crippen molar-refractivity contribution >= 4 is 11.5 Å². The van der Waals surface area contributed by atoms with Gasteiger partial charge in [-0.1, -0.05) is 52.0 Å². The van der Waals surface area contributed by atoms with Gasteiger partial charge in [-0.05, 0) is 37.5 Å². The fourth-order valence-electron chi connectivity index (χ4n) is 2.77. The number of aromatic nitrogens is 2. The van der Waals surface area contributed by atoms with Crippen LogP contribution in [0.1, 0.15) is 64.4 Å². The van der Waals surface area contributed by atoms with Gasteiger partial charge in [-0.25, -0.2) is 4.79 Å². The van der Waals surface area contributed by atoms with Crippen molar-refractivity contribution in [1.82, 2.24) is 9.97 Å². The van der Waals surface area contributed by atoms with Crippen LogP contribution < -0.4 is 21.5 Å². The van der Waals surface area contributed by atoms with Crippen molar-refractivity contribution in [2.75, 3.05) is 5.32 Å². The first-order valence-electron chi connectivity index (χ1n) is 9.93. The summed E-state index contributed by atoms with van der Waals surface area (Å²) in [6.45, 7) is 6.35. The predicted octanol–water partition coefficient (Wildman–Crippen LogP) is 5.01. The third-order valence-corrected chi connectivity index (χ3v) is 4.54. The maximum absolute atomic E-state index is 11.1. The summed E-state index contributed by atoms with van der Waals surface area (Å²) in [5.41, 5.74) is 7.20. The van der Waals surface area contributed by atoms with Crippen LogP contribution in [0.4, 0.5) is 11.5 Å². The summed E-state index contributed by atoms with van der Waals surface area (Å²) in [6, 6.07) is 6.33. The molecule has 2 heterocycles. The topological polar surface area (TPSA) is 93.0 Å². The Balaban J connectivity index is 0.000000198. The lowest BCUT2D eigenvalue weighted by molar-refractivity contribution is 0.441. The normalized spacial score (nSPS) is 14.8. The minimum atomic E-state index is -0.397. The molecule has 148 valence electrons. The molecule has 2 aromatic rings. The summed E-state index contributed by atoms with van der Waals surface area (Å²) in [5, 5.41) is 3.10. The predicted molar refractivity (Wildman–Crippen MR) is 111 cm³/mol. The van der Waals surface area contributed by atoms with E-state index in [1.54, 1.807) is 0 Å². The van der Waals surface area contributed by atoms with E-state index in [-0.39, 0.29) is 0 Å². The number of aryl methyl sites for hydroxylation is 1. The van der Waals surface area contributed by atoms with Gasteiger partial charge in [0.25, 0.3) is 0 Å². The molecule has 0 spiro atoms. The molecule has 27 heavy (non-hydrogen) atoms. The first-order chi connectivity index (χ1) is 13.0. The van der Waals surface area contributed by atoms with E-state index in [2.05, 4.69) is 29.1 Å². The van der Waals surface area contributed by atoms with E-state index in [0.717, 1.165) is 17.0 Å². The molecule has 4 rings (SSSR count). The van der Waals surface area contributed by atoms with Gasteiger partial charge in [0.05, 0.1) is 11.9 Å². The van der Waals surface area contributed by atoms with E-state index in [4.69, 9.17) is 10.5 Å². The van der Waals surface area contributed by atoms with Gasteiger partial charge in [0.15, 0.2) is 17.3 Å². The molecule has 1 aromatic heterocycles. The zero-order valence-corrected chi connectivity index (χ0v) is 16.7. The lowest BCUT2D eigenvalue weighted by Crippen LogP contribution is -2.22. The van der Waals surface area contributed by atoms with Gasteiger partial charge in [0, 0.05) is 6.04 Å². The molecule has 0 atom stereocenters. The third kappa shape index (κ3) is 6.71. The van der Waals surface area contributed by atoms with Crippen LogP contribution in [0, 0.1) is 6.92 Å². The zero-order valence-electron chi connectivity index (χ0n) is 16.7. The summed E-state index contributed by atoms with van der Waals surface area (Å²) in [6.07, 6.45) is 10.7. The summed E-state index contributed by atoms with van der Waals surface area (Å²) in [4.78, 5) is 17.3. The van der Waals surface area contributed by atoms with Crippen LogP contribution >= 0.6 is 0 Å². The van der Waals surface area contributed by atoms with Crippen molar-refractivity contribution in [2.45, 2.75) is 71.8 Å². The number of ether oxygens (including phenoxy) is 1. The van der Waals surface area contributed by atoms with Crippen LogP contribution in [0.2, 0.25) is 0 Å². The van der Waals surface area contributed by atoms with Gasteiger partial charge in [-0.3, -0.25) is 4.98 Å². The molecule has 6 nitrogen and oxygen atoms in total. The lowest BCUT2D eigenvalue weighted by atomic mass is 9.97. The minimum Gasteiger partial charge on any atom is -0.450 e. The monoisotopic (exact) mass is 372 g/mol. The van der Waals surface area contributed by atoms with Crippen LogP contribution in [-0.4, -0.2) is 16.0 Å². The number of benzene rings is 1. The molecule has 2 aliphatic rings. The van der Waals surface area contributed by atoms with E-state index in [1.807, 2.05) is 25.1 Å². The van der Waals surface area contributed by atoms with Gasteiger partial charge >= 0.3 is 5.69 Å². The fraction of sp³-hybridized carbons (Fsp3) is 0.524. The van der Waals surface area contributed by atoms with Crippen molar-refractivity contribution in [3.63, 3.8) is 0 Å². The summed E-state index contributed by atoms with van der Waals surface area (Å²) in [7, 11) is 0. The molecular formula is C21H32N4O2. The Morgan fingerprint density at radius 1 is 1.15 bits per heavy atom. The number of rotatable bonds is 1. The Bertz CT molecular complexity index is 765. The molecule has 0 bridgehead atoms. The molecule has 1 fully saturated rings. The number of fused-ring (bicyclic) bond motifs is 2. The molecule has 0 saturated heterocycles. The number of H-pyrrole nitrogens is 1. The number of nitrogens with zero attached hydrogens (tertiary/aromatic N) is 1. The van der Waals surface area contributed by atoms with Gasteiger partial charge in [0.1, 0.15) is 0 Å². The summed E-state index contributed by atoms with van der Waals surface area (Å²) < 4.78 is 5.59. The minimum absolute atomic E-state index is 0.397. The number of hydrogen-bond acceptors (Lipinski definition) is 5. The Morgan fingerprint density at radius 2 is 1.85 bits per heavy atom. The van der Waals surface area contributed by atoms with Gasteiger partial charge in [-0.2, -0.15) is 4.98 Å². The molecule has 1 aliphatic carbocycles. The van der Waals surface area contributed by atoms with E-state index in [1.165, 1.54) is 51.1 Å². The molecule has 0 amide bonds. The molecule has 1 aliphatic heterocycles. The first kappa shape index (κ1) is 21.0. The number of nitrogens with one attached hydrogen (secondary N) is 2. The summed E-state index contributed by atoms with van der Waals surface area (Å²) in [5.74, 6) is 1.79. The number of hydrogen-bond donors (Lipinski definition) is 3. The standard InChI is InChI=1S/C11H9N3O2.C6H13N.C4H10/c1-6-2-3-8-7(4-6)13-10-9(16-8)5-12-11(15)14-10;7-6-4-2-1-3-5-6;1-3-4-2/h2-5H,1H3,(H2,12,13,14,15);6H,1-5,7H2;3-4H2,1-2H3. The smallest absolute Gasteiger partial charge is 0.346 e. The van der Waals surface area contributed by atoms with Crippen LogP contribution in [0.3, 0.4) is 0 Å². The zero-order chi connectivity index (χ0) is 19.6. The summed E-state index contributed by atoms with van der Waals surface area (Å²) >= 11 is 0. The quantitative estimate of drug-likeness (QED) is 0.558. The highest BCUT2D eigenvalue weighted by atomic mass is 16.5. The van der Waals surface area contributed by atoms with Gasteiger partial charge in [0.2, 0.25) is 0 Å². The van der Waals surface area contributed by atoms with E-state index < -0.39 is 5.69 Å². The molecule has 1 saturated carbocycles. The van der Waals surface area contributed by atoms with Crippen molar-refractivity contribution in [3.05, 3.63) is 40.4 Å². The van der Waals surface area contributed by atoms with Crippen LogP contribution in [-0.2, 0) is 0 Å². The maximum Gasteiger partial charge on any atom is 0.346 e. The second-order valence-electron chi connectivity index (χ2n) is 7.05. The van der Waals surface area contributed by atoms with Crippen molar-refractivity contribution < 1.29 is 4.74 Å². The highest BCUT2D eigenvalue weighted by molar-refractivity contribution is 5.72. The SMILES string of the molecule is CCCC.Cc1ccc2c(c1)Nc1[nH]c(=O)ncc1O2.NC1CCCCC1. The largest absolute Gasteiger partial charge is 0.450 e. The molecule has 4 N–H and O–H groups in total. The van der Waals surface area contributed by atoms with Crippen molar-refractivity contribution in [3.8, 4) is 11.5 Å². The molecule has 6 heteroatoms. The lowest BCUT2D eigenvalue weighted by Gasteiger charge is -2.20. The molecule has 0 radical (unpaired) electrons. The van der Waals surface area contributed by atoms with Gasteiger partial charge < -0.3 is 15.8 Å². The number of anilines is 2. The molecule has 1 aromatic carbocycles. The van der Waals surface area contributed by atoms with Crippen LogP contribution in [0.15, 0.2) is 29.2 Å². The molecule has 0 unspecified atom stereocenters. The number of unbranched alkanes of at least 4 members (excludes halogenated alkanes) is 1. The average Bonchev–Trinajstić information content (AvgIpc) is 2.67. The highest BCUT2D eigenvalue weighted by Crippen LogP contribution is 2.39. The first-order valence-corrected chi connectivity index (χ1v) is 9.93. The molecular weight excluding hydrogens is 340 g/mol. The van der Waals surface area contributed by atoms with Crippen LogP contribution in [0.25, 0.3) is 0 Å². The second-order valence-corrected chi connectivity index (χ2v) is 7.05. The maximum atomic E-state index is 11.1. The average molecular weight is 373 g/mol. The Labute approximate surface area is 161 Å². The van der Waals surface area contributed by atoms with E-state index in [9.17, 15) is 4.79 Å². The fourth-order valence-corrected chi connectivity index (χ4v) is 2.77. The highest BCUT2D eigenvalue weighted by Gasteiger charge is 2.17. The number of nitrogens with two attached hydrogens (primary N) is 1. The Hall–Kier alpha value is -2.34. The Kier molecular flexibility index (Phi) is 8.33. The van der Waals surface area contributed by atoms with Crippen molar-refractivity contribution in [1.29, 1.82) is 0 Å². The van der Waals surface area contributed by atoms with Crippen molar-refractivity contribution in [2.24, 2.45) is 5.73 Å². The van der Waals surface area contributed by atoms with Gasteiger partial charge in [-0.15, -0.1) is 0 Å². The second kappa shape index (κ2) is 10.7.